The molecule has 0 saturated carbocycles. The number of halogens is 1. The normalized spacial score (nSPS) is 12.3. The second kappa shape index (κ2) is 12.4. The maximum Gasteiger partial charge on any atom is 0.244 e. The minimum Gasteiger partial charge on any atom is -0.354 e. The van der Waals surface area contributed by atoms with Crippen molar-refractivity contribution >= 4 is 50.1 Å². The minimum atomic E-state index is -3.71. The van der Waals surface area contributed by atoms with Crippen molar-refractivity contribution in [2.45, 2.75) is 33.2 Å². The number of hydrogen-bond acceptors (Lipinski definition) is 4. The Morgan fingerprint density at radius 3 is 2.15 bits per heavy atom. The van der Waals surface area contributed by atoms with E-state index in [1.165, 1.54) is 4.90 Å². The largest absolute Gasteiger partial charge is 0.354 e. The zero-order valence-corrected chi connectivity index (χ0v) is 22.5. The number of carbonyl (C=O) groups is 2. The highest BCUT2D eigenvalue weighted by molar-refractivity contribution is 14.1. The van der Waals surface area contributed by atoms with Crippen molar-refractivity contribution < 1.29 is 18.0 Å². The Bertz CT molecular complexity index is 1030. The van der Waals surface area contributed by atoms with E-state index in [2.05, 4.69) is 27.9 Å². The molecule has 33 heavy (non-hydrogen) atoms. The molecule has 0 saturated heterocycles. The minimum absolute atomic E-state index is 0.259. The molecule has 0 aliphatic carbocycles. The van der Waals surface area contributed by atoms with Crippen LogP contribution in [0.2, 0.25) is 0 Å². The molecule has 180 valence electrons. The van der Waals surface area contributed by atoms with Crippen LogP contribution in [0.3, 0.4) is 0 Å². The molecule has 0 radical (unpaired) electrons. The monoisotopic (exact) mass is 585 g/mol. The summed E-state index contributed by atoms with van der Waals surface area (Å²) in [7, 11) is -3.71. The van der Waals surface area contributed by atoms with E-state index in [9.17, 15) is 18.0 Å². The van der Waals surface area contributed by atoms with Crippen LogP contribution in [0.4, 0.5) is 5.69 Å². The summed E-state index contributed by atoms with van der Waals surface area (Å²) in [6.45, 7) is 6.08. The van der Waals surface area contributed by atoms with Crippen LogP contribution in [-0.4, -0.2) is 57.1 Å². The molecule has 2 rings (SSSR count). The molecule has 0 aliphatic rings. The molecule has 0 fully saturated rings. The molecule has 0 aliphatic heterocycles. The molecule has 0 bridgehead atoms. The maximum absolute atomic E-state index is 13.4. The lowest BCUT2D eigenvalue weighted by Gasteiger charge is -2.31. The molecule has 2 amide bonds. The number of amides is 2. The fourth-order valence-electron chi connectivity index (χ4n) is 3.24. The first-order chi connectivity index (χ1) is 15.5. The van der Waals surface area contributed by atoms with Crippen LogP contribution in [0.1, 0.15) is 26.3 Å². The van der Waals surface area contributed by atoms with Crippen LogP contribution in [-0.2, 0) is 26.0 Å². The van der Waals surface area contributed by atoms with Crippen LogP contribution in [0.15, 0.2) is 54.6 Å². The number of nitrogens with zero attached hydrogens (tertiary/aromatic N) is 2. The van der Waals surface area contributed by atoms with E-state index in [1.54, 1.807) is 31.2 Å². The van der Waals surface area contributed by atoms with Gasteiger partial charge in [-0.1, -0.05) is 44.2 Å². The molecule has 0 spiro atoms. The van der Waals surface area contributed by atoms with Gasteiger partial charge in [0.2, 0.25) is 21.8 Å². The Hall–Kier alpha value is -2.14. The SMILES string of the molecule is CC(C)CNC(=O)[C@@H](C)N(CCc1ccccc1)C(=O)CN(c1ccc(I)cc1)S(C)(=O)=O. The molecule has 1 atom stereocenters. The van der Waals surface area contributed by atoms with E-state index in [4.69, 9.17) is 0 Å². The van der Waals surface area contributed by atoms with Crippen molar-refractivity contribution in [3.63, 3.8) is 0 Å². The molecule has 0 aromatic heterocycles. The Morgan fingerprint density at radius 1 is 1.00 bits per heavy atom. The zero-order chi connectivity index (χ0) is 24.6. The zero-order valence-electron chi connectivity index (χ0n) is 19.5. The summed E-state index contributed by atoms with van der Waals surface area (Å²) >= 11 is 2.13. The smallest absolute Gasteiger partial charge is 0.244 e. The Kier molecular flexibility index (Phi) is 10.2. The summed E-state index contributed by atoms with van der Waals surface area (Å²) in [5.41, 5.74) is 1.44. The Labute approximate surface area is 210 Å². The molecule has 2 aromatic carbocycles. The van der Waals surface area contributed by atoms with Gasteiger partial charge in [0.15, 0.2) is 0 Å². The lowest BCUT2D eigenvalue weighted by atomic mass is 10.1. The topological polar surface area (TPSA) is 86.8 Å². The highest BCUT2D eigenvalue weighted by Gasteiger charge is 2.29. The summed E-state index contributed by atoms with van der Waals surface area (Å²) in [6, 6.07) is 15.8. The van der Waals surface area contributed by atoms with Gasteiger partial charge >= 0.3 is 0 Å². The van der Waals surface area contributed by atoms with Gasteiger partial charge < -0.3 is 10.2 Å². The van der Waals surface area contributed by atoms with E-state index in [0.29, 0.717) is 25.2 Å². The third kappa shape index (κ3) is 8.62. The molecule has 0 heterocycles. The predicted octanol–water partition coefficient (Wildman–Crippen LogP) is 3.29. The van der Waals surface area contributed by atoms with Gasteiger partial charge in [0, 0.05) is 16.7 Å². The average Bonchev–Trinajstić information content (AvgIpc) is 2.76. The lowest BCUT2D eigenvalue weighted by molar-refractivity contribution is -0.138. The van der Waals surface area contributed by atoms with Gasteiger partial charge in [0.05, 0.1) is 11.9 Å². The van der Waals surface area contributed by atoms with Gasteiger partial charge in [-0.3, -0.25) is 13.9 Å². The number of sulfonamides is 1. The quantitative estimate of drug-likeness (QED) is 0.411. The number of nitrogens with one attached hydrogen (secondary N) is 1. The van der Waals surface area contributed by atoms with Gasteiger partial charge in [-0.05, 0) is 71.7 Å². The molecule has 2 aromatic rings. The first-order valence-electron chi connectivity index (χ1n) is 10.8. The highest BCUT2D eigenvalue weighted by atomic mass is 127. The van der Waals surface area contributed by atoms with Crippen molar-refractivity contribution in [3.05, 3.63) is 63.7 Å². The maximum atomic E-state index is 13.4. The van der Waals surface area contributed by atoms with E-state index in [1.807, 2.05) is 44.2 Å². The number of carbonyl (C=O) groups excluding carboxylic acids is 2. The molecule has 0 unspecified atom stereocenters. The van der Waals surface area contributed by atoms with Crippen molar-refractivity contribution in [1.29, 1.82) is 0 Å². The molecular formula is C24H32IN3O4S. The first-order valence-corrected chi connectivity index (χ1v) is 13.8. The van der Waals surface area contributed by atoms with Crippen LogP contribution < -0.4 is 9.62 Å². The summed E-state index contributed by atoms with van der Waals surface area (Å²) < 4.78 is 27.1. The molecular weight excluding hydrogens is 553 g/mol. The number of hydrogen-bond donors (Lipinski definition) is 1. The van der Waals surface area contributed by atoms with Gasteiger partial charge in [-0.25, -0.2) is 8.42 Å². The van der Waals surface area contributed by atoms with Crippen LogP contribution in [0, 0.1) is 9.49 Å². The fourth-order valence-corrected chi connectivity index (χ4v) is 4.45. The lowest BCUT2D eigenvalue weighted by Crippen LogP contribution is -2.52. The van der Waals surface area contributed by atoms with Gasteiger partial charge in [0.1, 0.15) is 12.6 Å². The van der Waals surface area contributed by atoms with Gasteiger partial charge in [-0.2, -0.15) is 0 Å². The van der Waals surface area contributed by atoms with Crippen LogP contribution >= 0.6 is 22.6 Å². The summed E-state index contributed by atoms with van der Waals surface area (Å²) in [6.07, 6.45) is 1.63. The van der Waals surface area contributed by atoms with Gasteiger partial charge in [0.25, 0.3) is 0 Å². The van der Waals surface area contributed by atoms with Gasteiger partial charge in [-0.15, -0.1) is 0 Å². The third-order valence-electron chi connectivity index (χ3n) is 5.13. The second-order valence-corrected chi connectivity index (χ2v) is 11.5. The van der Waals surface area contributed by atoms with E-state index in [-0.39, 0.29) is 18.4 Å². The van der Waals surface area contributed by atoms with Crippen molar-refractivity contribution in [2.75, 3.05) is 30.2 Å². The van der Waals surface area contributed by atoms with Crippen LogP contribution in [0.5, 0.6) is 0 Å². The highest BCUT2D eigenvalue weighted by Crippen LogP contribution is 2.20. The second-order valence-electron chi connectivity index (χ2n) is 8.38. The Morgan fingerprint density at radius 2 is 1.61 bits per heavy atom. The third-order valence-corrected chi connectivity index (χ3v) is 6.99. The van der Waals surface area contributed by atoms with Crippen molar-refractivity contribution in [3.8, 4) is 0 Å². The van der Waals surface area contributed by atoms with Crippen LogP contribution in [0.25, 0.3) is 0 Å². The number of anilines is 1. The Balaban J connectivity index is 2.27. The first kappa shape index (κ1) is 27.1. The fraction of sp³-hybridized carbons (Fsp3) is 0.417. The predicted molar refractivity (Wildman–Crippen MR) is 141 cm³/mol. The standard InChI is InChI=1S/C24H32IN3O4S/c1-18(2)16-26-24(30)19(3)27(15-14-20-8-6-5-7-9-20)23(29)17-28(33(4,31)32)22-12-10-21(25)11-13-22/h5-13,18-19H,14-17H2,1-4H3,(H,26,30)/t19-/m1/s1. The van der Waals surface area contributed by atoms with E-state index in [0.717, 1.165) is 19.7 Å². The van der Waals surface area contributed by atoms with Crippen molar-refractivity contribution in [1.82, 2.24) is 10.2 Å². The number of rotatable bonds is 11. The summed E-state index contributed by atoms with van der Waals surface area (Å²) in [5.74, 6) is -0.413. The summed E-state index contributed by atoms with van der Waals surface area (Å²) in [5, 5.41) is 2.87. The van der Waals surface area contributed by atoms with E-state index < -0.39 is 22.0 Å². The molecule has 1 N–H and O–H groups in total. The van der Waals surface area contributed by atoms with E-state index >= 15 is 0 Å². The molecule has 7 nitrogen and oxygen atoms in total. The number of benzene rings is 2. The van der Waals surface area contributed by atoms with Crippen molar-refractivity contribution in [2.24, 2.45) is 5.92 Å². The molecule has 9 heteroatoms. The summed E-state index contributed by atoms with van der Waals surface area (Å²) in [4.78, 5) is 27.6. The average molecular weight is 586 g/mol.